The van der Waals surface area contributed by atoms with E-state index in [9.17, 15) is 4.79 Å². The van der Waals surface area contributed by atoms with Gasteiger partial charge in [0, 0.05) is 30.3 Å². The molecule has 2 aromatic heterocycles. The number of ether oxygens (including phenoxy) is 1. The van der Waals surface area contributed by atoms with Crippen molar-refractivity contribution in [3.63, 3.8) is 0 Å². The molecule has 21 heavy (non-hydrogen) atoms. The Morgan fingerprint density at radius 2 is 2.00 bits per heavy atom. The molecular weight excluding hydrogens is 268 g/mol. The first-order valence-electron chi connectivity index (χ1n) is 6.28. The van der Waals surface area contributed by atoms with Crippen molar-refractivity contribution < 1.29 is 9.53 Å². The average Bonchev–Trinajstić information content (AvgIpc) is 2.54. The third-order valence-corrected chi connectivity index (χ3v) is 2.91. The lowest BCUT2D eigenvalue weighted by Crippen LogP contribution is -2.12. The van der Waals surface area contributed by atoms with Gasteiger partial charge in [-0.05, 0) is 18.2 Å². The van der Waals surface area contributed by atoms with Gasteiger partial charge in [0.15, 0.2) is 5.65 Å². The summed E-state index contributed by atoms with van der Waals surface area (Å²) >= 11 is 0. The van der Waals surface area contributed by atoms with Crippen molar-refractivity contribution in [3.8, 4) is 5.75 Å². The summed E-state index contributed by atoms with van der Waals surface area (Å²) in [6, 6.07) is 8.80. The summed E-state index contributed by atoms with van der Waals surface area (Å²) in [5.41, 5.74) is 2.16. The van der Waals surface area contributed by atoms with E-state index in [1.165, 1.54) is 6.20 Å². The molecule has 0 fully saturated rings. The fourth-order valence-electron chi connectivity index (χ4n) is 1.89. The zero-order valence-corrected chi connectivity index (χ0v) is 11.3. The molecule has 3 aromatic rings. The highest BCUT2D eigenvalue weighted by atomic mass is 16.5. The van der Waals surface area contributed by atoms with Gasteiger partial charge in [0.1, 0.15) is 11.3 Å². The second-order valence-corrected chi connectivity index (χ2v) is 4.31. The van der Waals surface area contributed by atoms with Crippen molar-refractivity contribution >= 4 is 22.8 Å². The average molecular weight is 280 g/mol. The van der Waals surface area contributed by atoms with E-state index in [0.29, 0.717) is 28.2 Å². The SMILES string of the molecule is COc1cccc(NC(=O)c2cnc3nccnc3c2)c1. The van der Waals surface area contributed by atoms with Gasteiger partial charge < -0.3 is 10.1 Å². The first-order valence-corrected chi connectivity index (χ1v) is 6.28. The van der Waals surface area contributed by atoms with Gasteiger partial charge >= 0.3 is 0 Å². The highest BCUT2D eigenvalue weighted by molar-refractivity contribution is 6.05. The molecule has 0 bridgehead atoms. The summed E-state index contributed by atoms with van der Waals surface area (Å²) in [5, 5.41) is 2.79. The molecule has 104 valence electrons. The van der Waals surface area contributed by atoms with Crippen molar-refractivity contribution in [2.45, 2.75) is 0 Å². The van der Waals surface area contributed by atoms with Crippen LogP contribution in [0.15, 0.2) is 48.9 Å². The molecule has 0 aliphatic rings. The molecule has 1 N–H and O–H groups in total. The monoisotopic (exact) mass is 280 g/mol. The predicted molar refractivity (Wildman–Crippen MR) is 78.3 cm³/mol. The smallest absolute Gasteiger partial charge is 0.257 e. The molecule has 0 aliphatic heterocycles. The van der Waals surface area contributed by atoms with Crippen LogP contribution in [0.25, 0.3) is 11.2 Å². The summed E-state index contributed by atoms with van der Waals surface area (Å²) in [7, 11) is 1.58. The highest BCUT2D eigenvalue weighted by Crippen LogP contribution is 2.18. The van der Waals surface area contributed by atoms with Crippen LogP contribution in [0.4, 0.5) is 5.69 Å². The van der Waals surface area contributed by atoms with Crippen LogP contribution in [0.2, 0.25) is 0 Å². The molecule has 0 aliphatic carbocycles. The lowest BCUT2D eigenvalue weighted by Gasteiger charge is -2.07. The van der Waals surface area contributed by atoms with Gasteiger partial charge in [-0.15, -0.1) is 0 Å². The molecule has 0 radical (unpaired) electrons. The number of anilines is 1. The maximum Gasteiger partial charge on any atom is 0.257 e. The number of nitrogens with one attached hydrogen (secondary N) is 1. The number of hydrogen-bond acceptors (Lipinski definition) is 5. The number of pyridine rings is 1. The summed E-state index contributed by atoms with van der Waals surface area (Å²) in [4.78, 5) is 24.5. The van der Waals surface area contributed by atoms with E-state index < -0.39 is 0 Å². The number of carbonyl (C=O) groups excluding carboxylic acids is 1. The van der Waals surface area contributed by atoms with E-state index in [2.05, 4.69) is 20.3 Å². The second kappa shape index (κ2) is 5.54. The van der Waals surface area contributed by atoms with Crippen LogP contribution in [0, 0.1) is 0 Å². The zero-order valence-electron chi connectivity index (χ0n) is 11.3. The minimum atomic E-state index is -0.261. The molecule has 0 saturated heterocycles. The molecule has 0 atom stereocenters. The van der Waals surface area contributed by atoms with E-state index in [1.807, 2.05) is 6.07 Å². The molecule has 1 aromatic carbocycles. The van der Waals surface area contributed by atoms with E-state index in [0.717, 1.165) is 0 Å². The third-order valence-electron chi connectivity index (χ3n) is 2.91. The molecule has 0 saturated carbocycles. The Kier molecular flexibility index (Phi) is 3.42. The summed E-state index contributed by atoms with van der Waals surface area (Å²) < 4.78 is 5.12. The predicted octanol–water partition coefficient (Wildman–Crippen LogP) is 2.29. The number of rotatable bonds is 3. The van der Waals surface area contributed by atoms with Gasteiger partial charge in [-0.3, -0.25) is 9.78 Å². The molecule has 6 nitrogen and oxygen atoms in total. The quantitative estimate of drug-likeness (QED) is 0.796. The second-order valence-electron chi connectivity index (χ2n) is 4.31. The minimum absolute atomic E-state index is 0.261. The van der Waals surface area contributed by atoms with Crippen molar-refractivity contribution in [1.82, 2.24) is 15.0 Å². The van der Waals surface area contributed by atoms with E-state index in [4.69, 9.17) is 4.74 Å². The lowest BCUT2D eigenvalue weighted by molar-refractivity contribution is 0.102. The Bertz CT molecular complexity index is 804. The first-order chi connectivity index (χ1) is 10.3. The van der Waals surface area contributed by atoms with Crippen LogP contribution in [0.3, 0.4) is 0 Å². The van der Waals surface area contributed by atoms with Crippen molar-refractivity contribution in [3.05, 3.63) is 54.5 Å². The molecule has 3 rings (SSSR count). The maximum atomic E-state index is 12.2. The zero-order chi connectivity index (χ0) is 14.7. The van der Waals surface area contributed by atoms with Gasteiger partial charge in [-0.1, -0.05) is 6.07 Å². The number of aromatic nitrogens is 3. The van der Waals surface area contributed by atoms with Gasteiger partial charge in [0.2, 0.25) is 0 Å². The molecule has 2 heterocycles. The maximum absolute atomic E-state index is 12.2. The summed E-state index contributed by atoms with van der Waals surface area (Å²) in [6.45, 7) is 0. The number of carbonyl (C=O) groups is 1. The Labute approximate surface area is 120 Å². The van der Waals surface area contributed by atoms with Gasteiger partial charge in [0.25, 0.3) is 5.91 Å². The highest BCUT2D eigenvalue weighted by Gasteiger charge is 2.09. The van der Waals surface area contributed by atoms with Crippen LogP contribution < -0.4 is 10.1 Å². The topological polar surface area (TPSA) is 77.0 Å². The van der Waals surface area contributed by atoms with Crippen molar-refractivity contribution in [2.75, 3.05) is 12.4 Å². The van der Waals surface area contributed by atoms with Crippen LogP contribution in [-0.4, -0.2) is 28.0 Å². The Balaban J connectivity index is 1.86. The van der Waals surface area contributed by atoms with Gasteiger partial charge in [-0.2, -0.15) is 0 Å². The third kappa shape index (κ3) is 2.79. The van der Waals surface area contributed by atoms with E-state index >= 15 is 0 Å². The lowest BCUT2D eigenvalue weighted by atomic mass is 10.2. The van der Waals surface area contributed by atoms with E-state index in [1.54, 1.807) is 43.8 Å². The summed E-state index contributed by atoms with van der Waals surface area (Å²) in [6.07, 6.45) is 4.60. The van der Waals surface area contributed by atoms with Crippen molar-refractivity contribution in [2.24, 2.45) is 0 Å². The van der Waals surface area contributed by atoms with Gasteiger partial charge in [-0.25, -0.2) is 9.97 Å². The molecule has 6 heteroatoms. The van der Waals surface area contributed by atoms with Gasteiger partial charge in [0.05, 0.1) is 12.7 Å². The number of methoxy groups -OCH3 is 1. The Morgan fingerprint density at radius 3 is 2.86 bits per heavy atom. The van der Waals surface area contributed by atoms with Crippen LogP contribution in [0.1, 0.15) is 10.4 Å². The normalized spacial score (nSPS) is 10.3. The standard InChI is InChI=1S/C15H12N4O2/c1-21-12-4-2-3-11(8-12)19-15(20)10-7-13-14(18-9-10)17-6-5-16-13/h2-9H,1H3,(H,19,20). The Morgan fingerprint density at radius 1 is 1.14 bits per heavy atom. The molecule has 1 amide bonds. The minimum Gasteiger partial charge on any atom is -0.497 e. The molecule has 0 spiro atoms. The van der Waals surface area contributed by atoms with Crippen molar-refractivity contribution in [1.29, 1.82) is 0 Å². The van der Waals surface area contributed by atoms with Crippen LogP contribution in [0.5, 0.6) is 5.75 Å². The van der Waals surface area contributed by atoms with Crippen LogP contribution in [-0.2, 0) is 0 Å². The number of hydrogen-bond donors (Lipinski definition) is 1. The van der Waals surface area contributed by atoms with E-state index in [-0.39, 0.29) is 5.91 Å². The summed E-state index contributed by atoms with van der Waals surface area (Å²) in [5.74, 6) is 0.415. The van der Waals surface area contributed by atoms with Crippen LogP contribution >= 0.6 is 0 Å². The number of fused-ring (bicyclic) bond motifs is 1. The Hall–Kier alpha value is -3.02. The number of nitrogens with zero attached hydrogens (tertiary/aromatic N) is 3. The first kappa shape index (κ1) is 13.0. The number of amides is 1. The number of benzene rings is 1. The molecule has 0 unspecified atom stereocenters. The molecular formula is C15H12N4O2. The fraction of sp³-hybridized carbons (Fsp3) is 0.0667. The largest absolute Gasteiger partial charge is 0.497 e. The fourth-order valence-corrected chi connectivity index (χ4v) is 1.89.